The van der Waals surface area contributed by atoms with Gasteiger partial charge in [0.25, 0.3) is 0 Å². The molecule has 19 heavy (non-hydrogen) atoms. The molecule has 1 atom stereocenters. The van der Waals surface area contributed by atoms with Gasteiger partial charge in [0.2, 0.25) is 0 Å². The van der Waals surface area contributed by atoms with Crippen LogP contribution in [-0.2, 0) is 16.6 Å². The van der Waals surface area contributed by atoms with E-state index in [0.717, 1.165) is 23.5 Å². The Bertz CT molecular complexity index is 652. The van der Waals surface area contributed by atoms with Gasteiger partial charge in [0.05, 0.1) is 16.6 Å². The Balaban J connectivity index is 2.15. The summed E-state index contributed by atoms with van der Waals surface area (Å²) < 4.78 is 37.7. The zero-order chi connectivity index (χ0) is 14.0. The van der Waals surface area contributed by atoms with Gasteiger partial charge in [-0.05, 0) is 30.3 Å². The van der Waals surface area contributed by atoms with Crippen molar-refractivity contribution in [3.8, 4) is 0 Å². The number of benzene rings is 1. The molecule has 1 N–H and O–H groups in total. The molecule has 100 valence electrons. The van der Waals surface area contributed by atoms with Crippen molar-refractivity contribution < 1.29 is 22.9 Å². The van der Waals surface area contributed by atoms with Gasteiger partial charge in [-0.2, -0.15) is 0 Å². The fourth-order valence-corrected chi connectivity index (χ4v) is 3.58. The Morgan fingerprint density at radius 2 is 1.95 bits per heavy atom. The zero-order valence-electron chi connectivity index (χ0n) is 9.43. The highest BCUT2D eigenvalue weighted by atomic mass is 32.2. The molecule has 7 heteroatoms. The number of rotatable bonds is 4. The topological polar surface area (TPSA) is 54.4 Å². The molecule has 2 rings (SSSR count). The number of thiophene rings is 1. The molecule has 1 heterocycles. The molecule has 0 saturated heterocycles. The van der Waals surface area contributed by atoms with Crippen molar-refractivity contribution in [3.05, 3.63) is 51.7 Å². The summed E-state index contributed by atoms with van der Waals surface area (Å²) in [6, 6.07) is 6.04. The van der Waals surface area contributed by atoms with Crippen LogP contribution in [0.5, 0.6) is 0 Å². The van der Waals surface area contributed by atoms with Crippen LogP contribution in [0.25, 0.3) is 0 Å². The van der Waals surface area contributed by atoms with Gasteiger partial charge in [-0.1, -0.05) is 0 Å². The molecule has 0 aliphatic rings. The number of carbonyl (C=O) groups is 1. The Labute approximate surface area is 114 Å². The maximum absolute atomic E-state index is 13.0. The lowest BCUT2D eigenvalue weighted by molar-refractivity contribution is 0.0702. The average Bonchev–Trinajstić information content (AvgIpc) is 2.81. The molecular formula is C12H8F2O3S2. The summed E-state index contributed by atoms with van der Waals surface area (Å²) in [7, 11) is -1.54. The molecule has 0 aliphatic heterocycles. The first-order valence-electron chi connectivity index (χ1n) is 5.13. The third-order valence-corrected chi connectivity index (χ3v) is 4.91. The highest BCUT2D eigenvalue weighted by molar-refractivity contribution is 7.84. The number of carboxylic acid groups (broad SMARTS) is 1. The lowest BCUT2D eigenvalue weighted by Gasteiger charge is -2.01. The van der Waals surface area contributed by atoms with Crippen molar-refractivity contribution in [1.82, 2.24) is 0 Å². The minimum absolute atomic E-state index is 0.0724. The molecule has 0 amide bonds. The van der Waals surface area contributed by atoms with E-state index in [4.69, 9.17) is 5.11 Å². The highest BCUT2D eigenvalue weighted by Gasteiger charge is 2.12. The normalized spacial score (nSPS) is 12.3. The first-order valence-corrected chi connectivity index (χ1v) is 7.26. The predicted molar refractivity (Wildman–Crippen MR) is 67.7 cm³/mol. The van der Waals surface area contributed by atoms with Crippen LogP contribution in [0, 0.1) is 11.6 Å². The van der Waals surface area contributed by atoms with Gasteiger partial charge in [0.1, 0.15) is 4.88 Å². The molecule has 0 spiro atoms. The molecule has 1 unspecified atom stereocenters. The average molecular weight is 302 g/mol. The molecule has 0 radical (unpaired) electrons. The van der Waals surface area contributed by atoms with E-state index in [1.54, 1.807) is 6.07 Å². The largest absolute Gasteiger partial charge is 0.477 e. The molecule has 0 aliphatic carbocycles. The second kappa shape index (κ2) is 5.58. The van der Waals surface area contributed by atoms with E-state index < -0.39 is 28.4 Å². The van der Waals surface area contributed by atoms with Crippen LogP contribution in [0.1, 0.15) is 14.5 Å². The van der Waals surface area contributed by atoms with Crippen LogP contribution in [0.3, 0.4) is 0 Å². The quantitative estimate of drug-likeness (QED) is 0.944. The molecule has 0 saturated carbocycles. The molecule has 0 bridgehead atoms. The first-order chi connectivity index (χ1) is 8.97. The minimum Gasteiger partial charge on any atom is -0.477 e. The van der Waals surface area contributed by atoms with Gasteiger partial charge < -0.3 is 5.11 Å². The van der Waals surface area contributed by atoms with E-state index >= 15 is 0 Å². The van der Waals surface area contributed by atoms with Crippen molar-refractivity contribution in [1.29, 1.82) is 0 Å². The number of halogens is 2. The van der Waals surface area contributed by atoms with Crippen LogP contribution >= 0.6 is 11.3 Å². The van der Waals surface area contributed by atoms with E-state index in [9.17, 15) is 17.8 Å². The van der Waals surface area contributed by atoms with Gasteiger partial charge >= 0.3 is 5.97 Å². The van der Waals surface area contributed by atoms with E-state index in [1.165, 1.54) is 12.1 Å². The maximum atomic E-state index is 13.0. The van der Waals surface area contributed by atoms with Crippen LogP contribution in [0.15, 0.2) is 35.2 Å². The summed E-state index contributed by atoms with van der Waals surface area (Å²) in [6.45, 7) is 0. The summed E-state index contributed by atoms with van der Waals surface area (Å²) in [5, 5.41) is 8.76. The van der Waals surface area contributed by atoms with Gasteiger partial charge in [-0.3, -0.25) is 4.21 Å². The minimum atomic E-state index is -1.54. The van der Waals surface area contributed by atoms with E-state index in [1.807, 2.05) is 0 Å². The van der Waals surface area contributed by atoms with E-state index in [2.05, 4.69) is 0 Å². The Hall–Kier alpha value is -1.60. The van der Waals surface area contributed by atoms with Gasteiger partial charge in [0, 0.05) is 9.77 Å². The summed E-state index contributed by atoms with van der Waals surface area (Å²) in [5.74, 6) is -3.02. The van der Waals surface area contributed by atoms with Crippen LogP contribution in [0.4, 0.5) is 8.78 Å². The SMILES string of the molecule is O=C(O)c1ccc(CS(=O)c2ccc(F)c(F)c2)s1. The lowest BCUT2D eigenvalue weighted by atomic mass is 10.3. The molecule has 3 nitrogen and oxygen atoms in total. The summed E-state index contributed by atoms with van der Waals surface area (Å²) in [5.41, 5.74) is 0. The van der Waals surface area contributed by atoms with Gasteiger partial charge in [0.15, 0.2) is 11.6 Å². The molecule has 1 aromatic carbocycles. The number of hydrogen-bond acceptors (Lipinski definition) is 3. The Morgan fingerprint density at radius 3 is 2.53 bits per heavy atom. The van der Waals surface area contributed by atoms with Gasteiger partial charge in [-0.25, -0.2) is 13.6 Å². The van der Waals surface area contributed by atoms with Crippen molar-refractivity contribution in [3.63, 3.8) is 0 Å². The summed E-state index contributed by atoms with van der Waals surface area (Å²) >= 11 is 1.01. The van der Waals surface area contributed by atoms with Crippen molar-refractivity contribution >= 4 is 28.1 Å². The van der Waals surface area contributed by atoms with Crippen LogP contribution in [0.2, 0.25) is 0 Å². The predicted octanol–water partition coefficient (Wildman–Crippen LogP) is 3.03. The fraction of sp³-hybridized carbons (Fsp3) is 0.0833. The second-order valence-corrected chi connectivity index (χ2v) is 6.26. The van der Waals surface area contributed by atoms with Crippen LogP contribution in [-0.4, -0.2) is 15.3 Å². The maximum Gasteiger partial charge on any atom is 0.345 e. The van der Waals surface area contributed by atoms with E-state index in [0.29, 0.717) is 4.88 Å². The second-order valence-electron chi connectivity index (χ2n) is 3.64. The monoisotopic (exact) mass is 302 g/mol. The fourth-order valence-electron chi connectivity index (χ4n) is 1.40. The van der Waals surface area contributed by atoms with Crippen molar-refractivity contribution in [2.75, 3.05) is 0 Å². The third kappa shape index (κ3) is 3.24. The van der Waals surface area contributed by atoms with E-state index in [-0.39, 0.29) is 15.5 Å². The zero-order valence-corrected chi connectivity index (χ0v) is 11.1. The van der Waals surface area contributed by atoms with Gasteiger partial charge in [-0.15, -0.1) is 11.3 Å². The highest BCUT2D eigenvalue weighted by Crippen LogP contribution is 2.21. The Kier molecular flexibility index (Phi) is 4.06. The number of hydrogen-bond donors (Lipinski definition) is 1. The smallest absolute Gasteiger partial charge is 0.345 e. The third-order valence-electron chi connectivity index (χ3n) is 2.30. The molecule has 2 aromatic rings. The molecular weight excluding hydrogens is 294 g/mol. The Morgan fingerprint density at radius 1 is 1.21 bits per heavy atom. The number of carboxylic acids is 1. The molecule has 0 fully saturated rings. The number of aromatic carboxylic acids is 1. The van der Waals surface area contributed by atoms with Crippen molar-refractivity contribution in [2.45, 2.75) is 10.6 Å². The molecule has 1 aromatic heterocycles. The van der Waals surface area contributed by atoms with Crippen molar-refractivity contribution in [2.24, 2.45) is 0 Å². The summed E-state index contributed by atoms with van der Waals surface area (Å²) in [6.07, 6.45) is 0. The summed E-state index contributed by atoms with van der Waals surface area (Å²) in [4.78, 5) is 11.6. The van der Waals surface area contributed by atoms with Crippen LogP contribution < -0.4 is 0 Å². The lowest BCUT2D eigenvalue weighted by Crippen LogP contribution is -1.96. The first kappa shape index (κ1) is 13.8. The standard InChI is InChI=1S/C12H8F2O3S2/c13-9-3-2-8(5-10(9)14)19(17)6-7-1-4-11(18-7)12(15)16/h1-5H,6H2,(H,15,16).